The van der Waals surface area contributed by atoms with Crippen molar-refractivity contribution in [1.82, 2.24) is 20.2 Å². The van der Waals surface area contributed by atoms with E-state index in [0.717, 1.165) is 5.69 Å². The Morgan fingerprint density at radius 1 is 1.20 bits per heavy atom. The fourth-order valence-corrected chi connectivity index (χ4v) is 1.39. The van der Waals surface area contributed by atoms with Crippen molar-refractivity contribution in [1.29, 1.82) is 0 Å². The van der Waals surface area contributed by atoms with E-state index < -0.39 is 0 Å². The molecule has 2 aromatic rings. The monoisotopic (exact) mass is 202 g/mol. The molecule has 0 N–H and O–H groups in total. The van der Waals surface area contributed by atoms with E-state index in [1.165, 1.54) is 5.56 Å². The largest absolute Gasteiger partial charge is 0.201 e. The molecule has 0 aliphatic carbocycles. The maximum absolute atomic E-state index is 3.87. The van der Waals surface area contributed by atoms with E-state index in [-0.39, 0.29) is 5.41 Å². The van der Waals surface area contributed by atoms with Crippen LogP contribution in [0.3, 0.4) is 0 Å². The van der Waals surface area contributed by atoms with E-state index >= 15 is 0 Å². The van der Waals surface area contributed by atoms with Crippen molar-refractivity contribution in [3.05, 3.63) is 36.2 Å². The molecule has 0 atom stereocenters. The molecule has 4 nitrogen and oxygen atoms in total. The Morgan fingerprint density at radius 2 is 2.00 bits per heavy atom. The van der Waals surface area contributed by atoms with Gasteiger partial charge in [-0.05, 0) is 33.5 Å². The molecule has 0 aliphatic rings. The van der Waals surface area contributed by atoms with Crippen molar-refractivity contribution >= 4 is 0 Å². The molecule has 15 heavy (non-hydrogen) atoms. The number of hydrogen-bond donors (Lipinski definition) is 0. The summed E-state index contributed by atoms with van der Waals surface area (Å²) in [7, 11) is 0. The van der Waals surface area contributed by atoms with Gasteiger partial charge >= 0.3 is 0 Å². The molecule has 1 heterocycles. The Morgan fingerprint density at radius 3 is 2.60 bits per heavy atom. The zero-order chi connectivity index (χ0) is 10.9. The van der Waals surface area contributed by atoms with Crippen LogP contribution in [0.15, 0.2) is 30.6 Å². The summed E-state index contributed by atoms with van der Waals surface area (Å²) in [6, 6.07) is 8.24. The van der Waals surface area contributed by atoms with E-state index in [1.807, 2.05) is 12.1 Å². The molecule has 0 aliphatic heterocycles. The van der Waals surface area contributed by atoms with Crippen LogP contribution in [0.5, 0.6) is 0 Å². The molecule has 0 radical (unpaired) electrons. The first-order valence-electron chi connectivity index (χ1n) is 4.91. The Balaban J connectivity index is 2.44. The summed E-state index contributed by atoms with van der Waals surface area (Å²) in [4.78, 5) is 0. The molecular formula is C11H14N4. The molecule has 0 bridgehead atoms. The quantitative estimate of drug-likeness (QED) is 0.710. The van der Waals surface area contributed by atoms with Crippen LogP contribution in [0, 0.1) is 0 Å². The Hall–Kier alpha value is -1.71. The standard InChI is InChI=1S/C11H14N4/c1-11(2,3)9-5-4-6-10(7-9)15-8-12-13-14-15/h4-8H,1-3H3. The van der Waals surface area contributed by atoms with Gasteiger partial charge < -0.3 is 0 Å². The van der Waals surface area contributed by atoms with E-state index in [1.54, 1.807) is 11.0 Å². The van der Waals surface area contributed by atoms with Gasteiger partial charge in [0.1, 0.15) is 6.33 Å². The third-order valence-electron chi connectivity index (χ3n) is 2.33. The van der Waals surface area contributed by atoms with E-state index in [4.69, 9.17) is 0 Å². The Bertz CT molecular complexity index is 440. The maximum Gasteiger partial charge on any atom is 0.143 e. The molecule has 78 valence electrons. The van der Waals surface area contributed by atoms with Gasteiger partial charge in [-0.15, -0.1) is 5.10 Å². The number of tetrazole rings is 1. The fourth-order valence-electron chi connectivity index (χ4n) is 1.39. The van der Waals surface area contributed by atoms with Crippen LogP contribution >= 0.6 is 0 Å². The summed E-state index contributed by atoms with van der Waals surface area (Å²) in [5, 5.41) is 11.1. The highest BCUT2D eigenvalue weighted by molar-refractivity contribution is 5.37. The number of hydrogen-bond acceptors (Lipinski definition) is 3. The van der Waals surface area contributed by atoms with Crippen molar-refractivity contribution < 1.29 is 0 Å². The van der Waals surface area contributed by atoms with Gasteiger partial charge in [-0.3, -0.25) is 0 Å². The maximum atomic E-state index is 3.87. The van der Waals surface area contributed by atoms with E-state index in [9.17, 15) is 0 Å². The first-order valence-corrected chi connectivity index (χ1v) is 4.91. The van der Waals surface area contributed by atoms with Gasteiger partial charge in [-0.1, -0.05) is 32.9 Å². The number of aromatic nitrogens is 4. The summed E-state index contributed by atoms with van der Waals surface area (Å²) in [5.41, 5.74) is 2.41. The summed E-state index contributed by atoms with van der Waals surface area (Å²) in [6.07, 6.45) is 1.60. The Kier molecular flexibility index (Phi) is 2.26. The molecule has 2 rings (SSSR count). The topological polar surface area (TPSA) is 43.6 Å². The van der Waals surface area contributed by atoms with Gasteiger partial charge in [0.25, 0.3) is 0 Å². The minimum atomic E-state index is 0.143. The molecular weight excluding hydrogens is 188 g/mol. The third-order valence-corrected chi connectivity index (χ3v) is 2.33. The normalized spacial score (nSPS) is 11.7. The van der Waals surface area contributed by atoms with Crippen LogP contribution < -0.4 is 0 Å². The van der Waals surface area contributed by atoms with Gasteiger partial charge in [-0.2, -0.15) is 0 Å². The second kappa shape index (κ2) is 3.46. The molecule has 0 unspecified atom stereocenters. The van der Waals surface area contributed by atoms with Crippen LogP contribution in [0.2, 0.25) is 0 Å². The minimum Gasteiger partial charge on any atom is -0.201 e. The highest BCUT2D eigenvalue weighted by atomic mass is 15.5. The number of benzene rings is 1. The second-order valence-corrected chi connectivity index (χ2v) is 4.55. The lowest BCUT2D eigenvalue weighted by Gasteiger charge is -2.19. The molecule has 0 spiro atoms. The van der Waals surface area contributed by atoms with Crippen LogP contribution in [0.25, 0.3) is 5.69 Å². The minimum absolute atomic E-state index is 0.143. The molecule has 0 saturated heterocycles. The van der Waals surface area contributed by atoms with Gasteiger partial charge in [0.05, 0.1) is 5.69 Å². The van der Waals surface area contributed by atoms with Crippen molar-refractivity contribution in [2.24, 2.45) is 0 Å². The lowest BCUT2D eigenvalue weighted by molar-refractivity contribution is 0.589. The van der Waals surface area contributed by atoms with E-state index in [0.29, 0.717) is 0 Å². The lowest BCUT2D eigenvalue weighted by atomic mass is 9.87. The molecule has 4 heteroatoms. The second-order valence-electron chi connectivity index (χ2n) is 4.55. The van der Waals surface area contributed by atoms with Crippen molar-refractivity contribution in [2.75, 3.05) is 0 Å². The predicted octanol–water partition coefficient (Wildman–Crippen LogP) is 1.96. The average Bonchev–Trinajstić information content (AvgIpc) is 2.69. The summed E-state index contributed by atoms with van der Waals surface area (Å²) < 4.78 is 1.66. The summed E-state index contributed by atoms with van der Waals surface area (Å²) in [6.45, 7) is 6.56. The molecule has 0 fully saturated rings. The molecule has 1 aromatic carbocycles. The smallest absolute Gasteiger partial charge is 0.143 e. The van der Waals surface area contributed by atoms with Crippen LogP contribution in [0.1, 0.15) is 26.3 Å². The van der Waals surface area contributed by atoms with Crippen LogP contribution in [-0.4, -0.2) is 20.2 Å². The fraction of sp³-hybridized carbons (Fsp3) is 0.364. The summed E-state index contributed by atoms with van der Waals surface area (Å²) in [5.74, 6) is 0. The predicted molar refractivity (Wildman–Crippen MR) is 57.9 cm³/mol. The van der Waals surface area contributed by atoms with E-state index in [2.05, 4.69) is 48.4 Å². The SMILES string of the molecule is CC(C)(C)c1cccc(-n2cnnn2)c1. The van der Waals surface area contributed by atoms with Gasteiger partial charge in [-0.25, -0.2) is 4.68 Å². The zero-order valence-electron chi connectivity index (χ0n) is 9.18. The van der Waals surface area contributed by atoms with Crippen molar-refractivity contribution in [3.8, 4) is 5.69 Å². The van der Waals surface area contributed by atoms with Gasteiger partial charge in [0, 0.05) is 0 Å². The molecule has 1 aromatic heterocycles. The summed E-state index contributed by atoms with van der Waals surface area (Å²) >= 11 is 0. The first-order chi connectivity index (χ1) is 7.07. The highest BCUT2D eigenvalue weighted by Crippen LogP contribution is 2.23. The zero-order valence-corrected chi connectivity index (χ0v) is 9.18. The molecule has 0 amide bonds. The van der Waals surface area contributed by atoms with Crippen molar-refractivity contribution in [3.63, 3.8) is 0 Å². The van der Waals surface area contributed by atoms with Gasteiger partial charge in [0.15, 0.2) is 0 Å². The first kappa shape index (κ1) is 9.83. The average molecular weight is 202 g/mol. The van der Waals surface area contributed by atoms with Gasteiger partial charge in [0.2, 0.25) is 0 Å². The third kappa shape index (κ3) is 2.03. The van der Waals surface area contributed by atoms with Crippen molar-refractivity contribution in [2.45, 2.75) is 26.2 Å². The van der Waals surface area contributed by atoms with Crippen LogP contribution in [-0.2, 0) is 5.41 Å². The molecule has 0 saturated carbocycles. The van der Waals surface area contributed by atoms with Crippen LogP contribution in [0.4, 0.5) is 0 Å². The highest BCUT2D eigenvalue weighted by Gasteiger charge is 2.13. The number of rotatable bonds is 1. The lowest BCUT2D eigenvalue weighted by Crippen LogP contribution is -2.11. The number of nitrogens with zero attached hydrogens (tertiary/aromatic N) is 4. The Labute approximate surface area is 88.9 Å².